The van der Waals surface area contributed by atoms with Crippen LogP contribution in [0.5, 0.6) is 0 Å². The van der Waals surface area contributed by atoms with Crippen molar-refractivity contribution < 1.29 is 9.53 Å². The van der Waals surface area contributed by atoms with Crippen molar-refractivity contribution in [3.8, 4) is 0 Å². The molecule has 0 unspecified atom stereocenters. The number of hydrogen-bond acceptors (Lipinski definition) is 3. The Morgan fingerprint density at radius 1 is 1.32 bits per heavy atom. The number of morpholine rings is 1. The van der Waals surface area contributed by atoms with Crippen LogP contribution in [0.4, 0.5) is 0 Å². The van der Waals surface area contributed by atoms with E-state index in [0.29, 0.717) is 13.2 Å². The second kappa shape index (κ2) is 7.25. The number of nitrogens with zero attached hydrogens (tertiary/aromatic N) is 2. The molecule has 1 aliphatic carbocycles. The zero-order valence-electron chi connectivity index (χ0n) is 12.4. The highest BCUT2D eigenvalue weighted by Gasteiger charge is 2.23. The van der Waals surface area contributed by atoms with E-state index in [-0.39, 0.29) is 12.0 Å². The van der Waals surface area contributed by atoms with Gasteiger partial charge in [-0.3, -0.25) is 9.69 Å². The standard InChI is InChI=1S/C15H28N2O2/c1-13-10-17(8-9-19-13)15(18)12-16(2)11-14-6-4-3-5-7-14/h13-14H,3-12H2,1-2H3/t13-/m1/s1. The molecule has 2 rings (SSSR count). The zero-order valence-corrected chi connectivity index (χ0v) is 12.4. The Hall–Kier alpha value is -0.610. The third-order valence-electron chi connectivity index (χ3n) is 4.29. The second-order valence-electron chi connectivity index (χ2n) is 6.22. The lowest BCUT2D eigenvalue weighted by atomic mass is 9.89. The average molecular weight is 268 g/mol. The highest BCUT2D eigenvalue weighted by molar-refractivity contribution is 5.78. The number of hydrogen-bond donors (Lipinski definition) is 0. The van der Waals surface area contributed by atoms with Crippen LogP contribution in [0.15, 0.2) is 0 Å². The van der Waals surface area contributed by atoms with Crippen molar-refractivity contribution in [1.82, 2.24) is 9.80 Å². The molecule has 1 aliphatic heterocycles. The predicted molar refractivity (Wildman–Crippen MR) is 76.1 cm³/mol. The Kier molecular flexibility index (Phi) is 5.64. The van der Waals surface area contributed by atoms with Crippen LogP contribution in [0.3, 0.4) is 0 Å². The van der Waals surface area contributed by atoms with Gasteiger partial charge in [-0.15, -0.1) is 0 Å². The molecule has 110 valence electrons. The summed E-state index contributed by atoms with van der Waals surface area (Å²) in [5.41, 5.74) is 0. The Labute approximate surface area is 117 Å². The Bertz CT molecular complexity index is 290. The number of carbonyl (C=O) groups is 1. The number of carbonyl (C=O) groups excluding carboxylic acids is 1. The first-order chi connectivity index (χ1) is 9.15. The van der Waals surface area contributed by atoms with Crippen LogP contribution < -0.4 is 0 Å². The smallest absolute Gasteiger partial charge is 0.236 e. The maximum Gasteiger partial charge on any atom is 0.236 e. The van der Waals surface area contributed by atoms with Gasteiger partial charge in [0.15, 0.2) is 0 Å². The first-order valence-corrected chi connectivity index (χ1v) is 7.73. The fraction of sp³-hybridized carbons (Fsp3) is 0.933. The number of likely N-dealkylation sites (N-methyl/N-ethyl adjacent to an activating group) is 1. The summed E-state index contributed by atoms with van der Waals surface area (Å²) in [7, 11) is 2.08. The lowest BCUT2D eigenvalue weighted by Gasteiger charge is -2.33. The van der Waals surface area contributed by atoms with Crippen LogP contribution in [-0.2, 0) is 9.53 Å². The van der Waals surface area contributed by atoms with Crippen LogP contribution in [0.1, 0.15) is 39.0 Å². The first kappa shape index (κ1) is 14.8. The third kappa shape index (κ3) is 4.77. The van der Waals surface area contributed by atoms with Crippen molar-refractivity contribution in [3.63, 3.8) is 0 Å². The van der Waals surface area contributed by atoms with Gasteiger partial charge in [-0.2, -0.15) is 0 Å². The SMILES string of the molecule is C[C@@H]1CN(C(=O)CN(C)CC2CCCCC2)CCO1. The summed E-state index contributed by atoms with van der Waals surface area (Å²) in [6, 6.07) is 0. The number of amides is 1. The molecular weight excluding hydrogens is 240 g/mol. The minimum absolute atomic E-state index is 0.182. The number of ether oxygens (including phenoxy) is 1. The largest absolute Gasteiger partial charge is 0.375 e. The Morgan fingerprint density at radius 3 is 2.74 bits per heavy atom. The van der Waals surface area contributed by atoms with E-state index in [0.717, 1.165) is 25.6 Å². The van der Waals surface area contributed by atoms with Crippen molar-refractivity contribution in [2.45, 2.75) is 45.1 Å². The van der Waals surface area contributed by atoms with E-state index >= 15 is 0 Å². The van der Waals surface area contributed by atoms with Gasteiger partial charge in [-0.05, 0) is 32.7 Å². The molecule has 1 amide bonds. The minimum atomic E-state index is 0.182. The van der Waals surface area contributed by atoms with E-state index in [1.807, 2.05) is 11.8 Å². The molecule has 2 aliphatic rings. The van der Waals surface area contributed by atoms with Gasteiger partial charge in [0, 0.05) is 19.6 Å². The average Bonchev–Trinajstić information content (AvgIpc) is 2.39. The molecule has 1 saturated heterocycles. The van der Waals surface area contributed by atoms with E-state index in [1.54, 1.807) is 0 Å². The molecule has 0 aromatic rings. The lowest BCUT2D eigenvalue weighted by Crippen LogP contribution is -2.48. The van der Waals surface area contributed by atoms with Crippen molar-refractivity contribution in [1.29, 1.82) is 0 Å². The maximum absolute atomic E-state index is 12.2. The van der Waals surface area contributed by atoms with Gasteiger partial charge >= 0.3 is 0 Å². The second-order valence-corrected chi connectivity index (χ2v) is 6.22. The highest BCUT2D eigenvalue weighted by Crippen LogP contribution is 2.24. The van der Waals surface area contributed by atoms with Gasteiger partial charge in [0.1, 0.15) is 0 Å². The molecule has 0 radical (unpaired) electrons. The summed E-state index contributed by atoms with van der Waals surface area (Å²) in [5, 5.41) is 0. The van der Waals surface area contributed by atoms with Gasteiger partial charge in [0.05, 0.1) is 19.3 Å². The summed E-state index contributed by atoms with van der Waals surface area (Å²) in [6.45, 7) is 5.84. The predicted octanol–water partition coefficient (Wildman–Crippen LogP) is 1.75. The van der Waals surface area contributed by atoms with E-state index in [1.165, 1.54) is 32.1 Å². The molecule has 19 heavy (non-hydrogen) atoms. The van der Waals surface area contributed by atoms with Gasteiger partial charge in [-0.25, -0.2) is 0 Å². The van der Waals surface area contributed by atoms with Crippen LogP contribution >= 0.6 is 0 Å². The molecule has 1 atom stereocenters. The lowest BCUT2D eigenvalue weighted by molar-refractivity contribution is -0.139. The third-order valence-corrected chi connectivity index (χ3v) is 4.29. The maximum atomic E-state index is 12.2. The molecule has 0 aromatic carbocycles. The van der Waals surface area contributed by atoms with Crippen LogP contribution in [0.2, 0.25) is 0 Å². The quantitative estimate of drug-likeness (QED) is 0.778. The minimum Gasteiger partial charge on any atom is -0.375 e. The van der Waals surface area contributed by atoms with E-state index in [4.69, 9.17) is 4.74 Å². The topological polar surface area (TPSA) is 32.8 Å². The van der Waals surface area contributed by atoms with Crippen LogP contribution in [0.25, 0.3) is 0 Å². The molecule has 1 saturated carbocycles. The van der Waals surface area contributed by atoms with E-state index in [2.05, 4.69) is 11.9 Å². The van der Waals surface area contributed by atoms with Crippen molar-refractivity contribution >= 4 is 5.91 Å². The van der Waals surface area contributed by atoms with Crippen molar-refractivity contribution in [2.24, 2.45) is 5.92 Å². The summed E-state index contributed by atoms with van der Waals surface area (Å²) in [6.07, 6.45) is 6.99. The molecular formula is C15H28N2O2. The molecule has 4 nitrogen and oxygen atoms in total. The summed E-state index contributed by atoms with van der Waals surface area (Å²) in [5.74, 6) is 1.06. The summed E-state index contributed by atoms with van der Waals surface area (Å²) >= 11 is 0. The normalized spacial score (nSPS) is 25.8. The fourth-order valence-electron chi connectivity index (χ4n) is 3.25. The van der Waals surface area contributed by atoms with E-state index < -0.39 is 0 Å². The highest BCUT2D eigenvalue weighted by atomic mass is 16.5. The van der Waals surface area contributed by atoms with E-state index in [9.17, 15) is 4.79 Å². The van der Waals surface area contributed by atoms with Gasteiger partial charge in [-0.1, -0.05) is 19.3 Å². The molecule has 0 N–H and O–H groups in total. The first-order valence-electron chi connectivity index (χ1n) is 7.73. The molecule has 0 aromatic heterocycles. The molecule has 4 heteroatoms. The van der Waals surface area contributed by atoms with Gasteiger partial charge in [0.25, 0.3) is 0 Å². The van der Waals surface area contributed by atoms with Crippen LogP contribution in [-0.4, -0.2) is 61.6 Å². The molecule has 0 bridgehead atoms. The zero-order chi connectivity index (χ0) is 13.7. The van der Waals surface area contributed by atoms with Crippen molar-refractivity contribution in [3.05, 3.63) is 0 Å². The summed E-state index contributed by atoms with van der Waals surface area (Å²) in [4.78, 5) is 16.4. The number of rotatable bonds is 4. The molecule has 2 fully saturated rings. The van der Waals surface area contributed by atoms with Crippen molar-refractivity contribution in [2.75, 3.05) is 39.8 Å². The van der Waals surface area contributed by atoms with Gasteiger partial charge < -0.3 is 9.64 Å². The molecule has 1 heterocycles. The Morgan fingerprint density at radius 2 is 2.05 bits per heavy atom. The Balaban J connectivity index is 1.71. The monoisotopic (exact) mass is 268 g/mol. The summed E-state index contributed by atoms with van der Waals surface area (Å²) < 4.78 is 5.48. The fourth-order valence-corrected chi connectivity index (χ4v) is 3.25. The molecule has 0 spiro atoms. The van der Waals surface area contributed by atoms with Gasteiger partial charge in [0.2, 0.25) is 5.91 Å². The van der Waals surface area contributed by atoms with Crippen LogP contribution in [0, 0.1) is 5.92 Å².